The highest BCUT2D eigenvalue weighted by atomic mass is 32.1. The summed E-state index contributed by atoms with van der Waals surface area (Å²) in [6.45, 7) is -0.0192. The fourth-order valence-corrected chi connectivity index (χ4v) is 2.29. The molecule has 0 spiro atoms. The average molecular weight is 223 g/mol. The van der Waals surface area contributed by atoms with Crippen molar-refractivity contribution in [2.75, 3.05) is 7.11 Å². The number of methoxy groups -OCH3 is 1. The molecule has 0 fully saturated rings. The zero-order valence-corrected chi connectivity index (χ0v) is 8.91. The maximum Gasteiger partial charge on any atom is 0.326 e. The molecule has 0 aliphatic heterocycles. The van der Waals surface area contributed by atoms with E-state index in [2.05, 4.69) is 4.74 Å². The van der Waals surface area contributed by atoms with Gasteiger partial charge >= 0.3 is 5.97 Å². The van der Waals surface area contributed by atoms with E-state index in [0.29, 0.717) is 5.39 Å². The van der Waals surface area contributed by atoms with Crippen molar-refractivity contribution >= 4 is 27.6 Å². The second-order valence-corrected chi connectivity index (χ2v) is 4.07. The number of benzene rings is 1. The van der Waals surface area contributed by atoms with E-state index in [-0.39, 0.29) is 12.1 Å². The van der Waals surface area contributed by atoms with Crippen LogP contribution in [0.25, 0.3) is 10.1 Å². The molecule has 0 radical (unpaired) electrons. The van der Waals surface area contributed by atoms with Crippen LogP contribution in [0.2, 0.25) is 0 Å². The molecule has 0 aliphatic carbocycles. The molecule has 2 aromatic rings. The Morgan fingerprint density at radius 1 is 1.47 bits per heavy atom. The highest BCUT2D eigenvalue weighted by molar-refractivity contribution is 7.13. The molecule has 0 atom stereocenters. The first kappa shape index (κ1) is 9.92. The highest BCUT2D eigenvalue weighted by Crippen LogP contribution is 2.15. The van der Waals surface area contributed by atoms with Crippen molar-refractivity contribution < 1.29 is 9.53 Å². The molecule has 0 aliphatic rings. The molecule has 4 nitrogen and oxygen atoms in total. The van der Waals surface area contributed by atoms with Crippen LogP contribution in [0.1, 0.15) is 0 Å². The predicted molar refractivity (Wildman–Crippen MR) is 58.1 cm³/mol. The van der Waals surface area contributed by atoms with Crippen LogP contribution in [0.5, 0.6) is 0 Å². The zero-order valence-electron chi connectivity index (χ0n) is 8.10. The van der Waals surface area contributed by atoms with Crippen molar-refractivity contribution in [2.24, 2.45) is 0 Å². The molecular formula is C10H9NO3S. The molecule has 1 aromatic heterocycles. The van der Waals surface area contributed by atoms with Crippen molar-refractivity contribution in [3.05, 3.63) is 34.6 Å². The number of nitrogens with zero attached hydrogens (tertiary/aromatic N) is 1. The average Bonchev–Trinajstić information content (AvgIpc) is 2.57. The summed E-state index contributed by atoms with van der Waals surface area (Å²) in [7, 11) is 1.31. The number of hydrogen-bond acceptors (Lipinski definition) is 4. The third-order valence-electron chi connectivity index (χ3n) is 2.05. The van der Waals surface area contributed by atoms with E-state index in [1.807, 2.05) is 12.1 Å². The van der Waals surface area contributed by atoms with E-state index < -0.39 is 5.97 Å². The predicted octanol–water partition coefficient (Wildman–Crippen LogP) is 1.24. The van der Waals surface area contributed by atoms with Gasteiger partial charge in [0.05, 0.1) is 17.2 Å². The number of rotatable bonds is 2. The summed E-state index contributed by atoms with van der Waals surface area (Å²) in [5, 5.41) is 0.645. The maximum atomic E-state index is 11.7. The van der Waals surface area contributed by atoms with Crippen molar-refractivity contribution in [1.29, 1.82) is 0 Å². The lowest BCUT2D eigenvalue weighted by Crippen LogP contribution is -2.19. The molecule has 0 amide bonds. The SMILES string of the molecule is COC(=O)Cn1sc2ccccc2c1=O. The number of aromatic nitrogens is 1. The first-order chi connectivity index (χ1) is 7.22. The van der Waals surface area contributed by atoms with Crippen LogP contribution in [-0.2, 0) is 16.1 Å². The molecule has 0 saturated heterocycles. The molecule has 5 heteroatoms. The number of carbonyl (C=O) groups is 1. The third kappa shape index (κ3) is 1.78. The lowest BCUT2D eigenvalue weighted by atomic mass is 10.3. The van der Waals surface area contributed by atoms with Gasteiger partial charge in [-0.2, -0.15) is 0 Å². The van der Waals surface area contributed by atoms with Gasteiger partial charge in [-0.1, -0.05) is 23.7 Å². The third-order valence-corrected chi connectivity index (χ3v) is 3.12. The Morgan fingerprint density at radius 2 is 2.20 bits per heavy atom. The van der Waals surface area contributed by atoms with Crippen LogP contribution in [-0.4, -0.2) is 17.0 Å². The molecule has 0 saturated carbocycles. The topological polar surface area (TPSA) is 48.3 Å². The van der Waals surface area contributed by atoms with Crippen LogP contribution in [0.4, 0.5) is 0 Å². The normalized spacial score (nSPS) is 10.5. The zero-order chi connectivity index (χ0) is 10.8. The van der Waals surface area contributed by atoms with Gasteiger partial charge in [-0.25, -0.2) is 0 Å². The summed E-state index contributed by atoms with van der Waals surface area (Å²) in [6, 6.07) is 7.27. The lowest BCUT2D eigenvalue weighted by Gasteiger charge is -1.96. The molecule has 1 aromatic carbocycles. The summed E-state index contributed by atoms with van der Waals surface area (Å²) in [6.07, 6.45) is 0. The van der Waals surface area contributed by atoms with Crippen molar-refractivity contribution in [3.63, 3.8) is 0 Å². The Morgan fingerprint density at radius 3 is 2.87 bits per heavy atom. The number of fused-ring (bicyclic) bond motifs is 1. The molecular weight excluding hydrogens is 214 g/mol. The fourth-order valence-electron chi connectivity index (χ4n) is 1.30. The van der Waals surface area contributed by atoms with E-state index in [0.717, 1.165) is 4.70 Å². The van der Waals surface area contributed by atoms with E-state index in [1.54, 1.807) is 12.1 Å². The summed E-state index contributed by atoms with van der Waals surface area (Å²) >= 11 is 1.27. The van der Waals surface area contributed by atoms with Crippen LogP contribution in [0.15, 0.2) is 29.1 Å². The van der Waals surface area contributed by atoms with Gasteiger partial charge < -0.3 is 4.74 Å². The minimum absolute atomic E-state index is 0.0192. The van der Waals surface area contributed by atoms with Crippen LogP contribution in [0, 0.1) is 0 Å². The molecule has 0 bridgehead atoms. The second-order valence-electron chi connectivity index (χ2n) is 3.01. The lowest BCUT2D eigenvalue weighted by molar-refractivity contribution is -0.141. The van der Waals surface area contributed by atoms with E-state index in [4.69, 9.17) is 0 Å². The summed E-state index contributed by atoms with van der Waals surface area (Å²) < 4.78 is 6.79. The van der Waals surface area contributed by atoms with Gasteiger partial charge in [-0.15, -0.1) is 0 Å². The standard InChI is InChI=1S/C10H9NO3S/c1-14-9(12)6-11-10(13)7-4-2-3-5-8(7)15-11/h2-5H,6H2,1H3. The van der Waals surface area contributed by atoms with Crippen LogP contribution >= 0.6 is 11.5 Å². The Labute approximate surface area is 89.9 Å². The van der Waals surface area contributed by atoms with Gasteiger partial charge in [0.2, 0.25) is 0 Å². The van der Waals surface area contributed by atoms with Gasteiger partial charge in [-0.05, 0) is 12.1 Å². The molecule has 0 unspecified atom stereocenters. The van der Waals surface area contributed by atoms with Gasteiger partial charge in [0.15, 0.2) is 0 Å². The van der Waals surface area contributed by atoms with Crippen molar-refractivity contribution in [1.82, 2.24) is 3.96 Å². The largest absolute Gasteiger partial charge is 0.468 e. The Balaban J connectivity index is 2.49. The monoisotopic (exact) mass is 223 g/mol. The maximum absolute atomic E-state index is 11.7. The summed E-state index contributed by atoms with van der Waals surface area (Å²) in [5.41, 5.74) is -0.138. The van der Waals surface area contributed by atoms with E-state index >= 15 is 0 Å². The Hall–Kier alpha value is -1.62. The summed E-state index contributed by atoms with van der Waals surface area (Å²) in [4.78, 5) is 22.8. The molecule has 0 N–H and O–H groups in total. The first-order valence-corrected chi connectivity index (χ1v) is 5.15. The number of carbonyl (C=O) groups excluding carboxylic acids is 1. The molecule has 15 heavy (non-hydrogen) atoms. The number of esters is 1. The molecule has 1 heterocycles. The van der Waals surface area contributed by atoms with Crippen LogP contribution in [0.3, 0.4) is 0 Å². The van der Waals surface area contributed by atoms with Crippen molar-refractivity contribution in [2.45, 2.75) is 6.54 Å². The fraction of sp³-hybridized carbons (Fsp3) is 0.200. The number of hydrogen-bond donors (Lipinski definition) is 0. The minimum Gasteiger partial charge on any atom is -0.468 e. The summed E-state index contributed by atoms with van der Waals surface area (Å²) in [5.74, 6) is -0.413. The quantitative estimate of drug-likeness (QED) is 0.719. The smallest absolute Gasteiger partial charge is 0.326 e. The number of ether oxygens (including phenoxy) is 1. The Kier molecular flexibility index (Phi) is 2.55. The van der Waals surface area contributed by atoms with Gasteiger partial charge in [0.1, 0.15) is 6.54 Å². The minimum atomic E-state index is -0.413. The van der Waals surface area contributed by atoms with E-state index in [9.17, 15) is 9.59 Å². The highest BCUT2D eigenvalue weighted by Gasteiger charge is 2.09. The van der Waals surface area contributed by atoms with Crippen LogP contribution < -0.4 is 5.56 Å². The molecule has 2 rings (SSSR count). The van der Waals surface area contributed by atoms with E-state index in [1.165, 1.54) is 22.6 Å². The first-order valence-electron chi connectivity index (χ1n) is 4.38. The van der Waals surface area contributed by atoms with Gasteiger partial charge in [0.25, 0.3) is 5.56 Å². The van der Waals surface area contributed by atoms with Crippen molar-refractivity contribution in [3.8, 4) is 0 Å². The molecule has 78 valence electrons. The Bertz CT molecular complexity index is 555. The second kappa shape index (κ2) is 3.86. The van der Waals surface area contributed by atoms with Gasteiger partial charge in [0, 0.05) is 0 Å². The van der Waals surface area contributed by atoms with Gasteiger partial charge in [-0.3, -0.25) is 13.5 Å².